The van der Waals surface area contributed by atoms with Gasteiger partial charge in [0.15, 0.2) is 0 Å². The molecule has 16 heavy (non-hydrogen) atoms. The summed E-state index contributed by atoms with van der Waals surface area (Å²) in [5, 5.41) is 0. The van der Waals surface area contributed by atoms with Gasteiger partial charge in [-0.05, 0) is 26.2 Å². The standard InChI is InChI=1S/C12H24N2O2/c1-9-6-12(2,3)14(8-9)11(15)5-10(7-13)16-4/h9-10H,5-8,13H2,1-4H3. The third kappa shape index (κ3) is 2.95. The molecule has 4 nitrogen and oxygen atoms in total. The Morgan fingerprint density at radius 1 is 1.62 bits per heavy atom. The molecule has 2 atom stereocenters. The SMILES string of the molecule is COC(CN)CC(=O)N1CC(C)CC1(C)C. The number of methoxy groups -OCH3 is 1. The Bertz CT molecular complexity index is 249. The lowest BCUT2D eigenvalue weighted by molar-refractivity contribution is -0.136. The molecule has 0 saturated carbocycles. The number of hydrogen-bond acceptors (Lipinski definition) is 3. The third-order valence-corrected chi connectivity index (χ3v) is 3.37. The molecule has 1 fully saturated rings. The second kappa shape index (κ2) is 5.15. The summed E-state index contributed by atoms with van der Waals surface area (Å²) in [7, 11) is 1.60. The first kappa shape index (κ1) is 13.5. The van der Waals surface area contributed by atoms with Crippen LogP contribution in [-0.4, -0.2) is 42.6 Å². The molecule has 1 aliphatic heterocycles. The molecule has 94 valence electrons. The number of carbonyl (C=O) groups is 1. The lowest BCUT2D eigenvalue weighted by atomic mass is 9.97. The zero-order valence-electron chi connectivity index (χ0n) is 10.8. The highest BCUT2D eigenvalue weighted by molar-refractivity contribution is 5.78. The number of ether oxygens (including phenoxy) is 1. The summed E-state index contributed by atoms with van der Waals surface area (Å²) < 4.78 is 5.15. The molecule has 0 radical (unpaired) electrons. The smallest absolute Gasteiger partial charge is 0.225 e. The predicted octanol–water partition coefficient (Wildman–Crippen LogP) is 0.997. The Kier molecular flexibility index (Phi) is 4.33. The van der Waals surface area contributed by atoms with E-state index in [1.54, 1.807) is 7.11 Å². The van der Waals surface area contributed by atoms with Crippen LogP contribution in [-0.2, 0) is 9.53 Å². The van der Waals surface area contributed by atoms with Crippen molar-refractivity contribution in [3.05, 3.63) is 0 Å². The first-order valence-electron chi connectivity index (χ1n) is 5.94. The van der Waals surface area contributed by atoms with Gasteiger partial charge >= 0.3 is 0 Å². The number of carbonyl (C=O) groups excluding carboxylic acids is 1. The van der Waals surface area contributed by atoms with Crippen molar-refractivity contribution in [2.24, 2.45) is 11.7 Å². The van der Waals surface area contributed by atoms with E-state index in [0.29, 0.717) is 18.9 Å². The van der Waals surface area contributed by atoms with E-state index in [1.807, 2.05) is 4.90 Å². The monoisotopic (exact) mass is 228 g/mol. The van der Waals surface area contributed by atoms with Crippen molar-refractivity contribution in [1.29, 1.82) is 0 Å². The van der Waals surface area contributed by atoms with Gasteiger partial charge in [0.25, 0.3) is 0 Å². The van der Waals surface area contributed by atoms with Gasteiger partial charge in [-0.1, -0.05) is 6.92 Å². The summed E-state index contributed by atoms with van der Waals surface area (Å²) in [5.74, 6) is 0.740. The van der Waals surface area contributed by atoms with Crippen molar-refractivity contribution in [3.8, 4) is 0 Å². The van der Waals surface area contributed by atoms with Gasteiger partial charge in [-0.2, -0.15) is 0 Å². The topological polar surface area (TPSA) is 55.6 Å². The maximum Gasteiger partial charge on any atom is 0.225 e. The first-order chi connectivity index (χ1) is 7.40. The summed E-state index contributed by atoms with van der Waals surface area (Å²) in [6, 6.07) is 0. The van der Waals surface area contributed by atoms with Gasteiger partial charge in [0.05, 0.1) is 12.5 Å². The second-order valence-electron chi connectivity index (χ2n) is 5.42. The molecule has 0 spiro atoms. The Hall–Kier alpha value is -0.610. The average molecular weight is 228 g/mol. The Morgan fingerprint density at radius 3 is 2.62 bits per heavy atom. The van der Waals surface area contributed by atoms with Crippen LogP contribution in [0.4, 0.5) is 0 Å². The fourth-order valence-electron chi connectivity index (χ4n) is 2.59. The van der Waals surface area contributed by atoms with E-state index in [2.05, 4.69) is 20.8 Å². The van der Waals surface area contributed by atoms with Crippen LogP contribution in [0.2, 0.25) is 0 Å². The minimum atomic E-state index is -0.154. The van der Waals surface area contributed by atoms with Crippen molar-refractivity contribution in [2.75, 3.05) is 20.2 Å². The van der Waals surface area contributed by atoms with E-state index >= 15 is 0 Å². The lowest BCUT2D eigenvalue weighted by Crippen LogP contribution is -2.44. The van der Waals surface area contributed by atoms with E-state index in [4.69, 9.17) is 10.5 Å². The van der Waals surface area contributed by atoms with Gasteiger partial charge in [0, 0.05) is 25.7 Å². The maximum absolute atomic E-state index is 12.1. The van der Waals surface area contributed by atoms with Crippen molar-refractivity contribution in [2.45, 2.75) is 45.3 Å². The van der Waals surface area contributed by atoms with Crippen LogP contribution < -0.4 is 5.73 Å². The van der Waals surface area contributed by atoms with Gasteiger partial charge in [0.1, 0.15) is 0 Å². The largest absolute Gasteiger partial charge is 0.380 e. The van der Waals surface area contributed by atoms with Crippen molar-refractivity contribution in [1.82, 2.24) is 4.90 Å². The van der Waals surface area contributed by atoms with E-state index in [1.165, 1.54) is 0 Å². The van der Waals surface area contributed by atoms with Crippen LogP contribution in [0, 0.1) is 5.92 Å². The fourth-order valence-corrected chi connectivity index (χ4v) is 2.59. The average Bonchev–Trinajstić information content (AvgIpc) is 2.48. The Labute approximate surface area is 98.1 Å². The highest BCUT2D eigenvalue weighted by Gasteiger charge is 2.39. The first-order valence-corrected chi connectivity index (χ1v) is 5.94. The molecular weight excluding hydrogens is 204 g/mol. The molecule has 0 aliphatic carbocycles. The molecule has 1 amide bonds. The summed E-state index contributed by atoms with van der Waals surface area (Å²) in [6.07, 6.45) is 1.31. The van der Waals surface area contributed by atoms with Gasteiger partial charge in [-0.25, -0.2) is 0 Å². The maximum atomic E-state index is 12.1. The quantitative estimate of drug-likeness (QED) is 0.781. The van der Waals surface area contributed by atoms with Crippen LogP contribution in [0.15, 0.2) is 0 Å². The fraction of sp³-hybridized carbons (Fsp3) is 0.917. The summed E-state index contributed by atoms with van der Waals surface area (Å²) in [6.45, 7) is 7.68. The van der Waals surface area contributed by atoms with Crippen LogP contribution in [0.1, 0.15) is 33.6 Å². The number of hydrogen-bond donors (Lipinski definition) is 1. The van der Waals surface area contributed by atoms with E-state index in [9.17, 15) is 4.79 Å². The highest BCUT2D eigenvalue weighted by Crippen LogP contribution is 2.32. The second-order valence-corrected chi connectivity index (χ2v) is 5.42. The molecule has 0 bridgehead atoms. The third-order valence-electron chi connectivity index (χ3n) is 3.37. The zero-order chi connectivity index (χ0) is 12.3. The number of nitrogens with zero attached hydrogens (tertiary/aromatic N) is 1. The molecule has 1 rings (SSSR count). The molecule has 4 heteroatoms. The number of nitrogens with two attached hydrogens (primary N) is 1. The minimum absolute atomic E-state index is 0.0244. The predicted molar refractivity (Wildman–Crippen MR) is 64.0 cm³/mol. The summed E-state index contributed by atoms with van der Waals surface area (Å²) in [5.41, 5.74) is 5.51. The van der Waals surface area contributed by atoms with Gasteiger partial charge in [0.2, 0.25) is 5.91 Å². The van der Waals surface area contributed by atoms with Crippen molar-refractivity contribution >= 4 is 5.91 Å². The summed E-state index contributed by atoms with van der Waals surface area (Å²) >= 11 is 0. The summed E-state index contributed by atoms with van der Waals surface area (Å²) in [4.78, 5) is 14.1. The molecule has 0 aromatic rings. The zero-order valence-corrected chi connectivity index (χ0v) is 10.8. The van der Waals surface area contributed by atoms with Crippen LogP contribution in [0.5, 0.6) is 0 Å². The lowest BCUT2D eigenvalue weighted by Gasteiger charge is -2.32. The van der Waals surface area contributed by atoms with Crippen molar-refractivity contribution < 1.29 is 9.53 Å². The van der Waals surface area contributed by atoms with Crippen LogP contribution in [0.25, 0.3) is 0 Å². The number of rotatable bonds is 4. The van der Waals surface area contributed by atoms with Crippen LogP contribution in [0.3, 0.4) is 0 Å². The van der Waals surface area contributed by atoms with Gasteiger partial charge < -0.3 is 15.4 Å². The molecule has 1 aliphatic rings. The van der Waals surface area contributed by atoms with Crippen LogP contribution >= 0.6 is 0 Å². The molecule has 0 aromatic heterocycles. The van der Waals surface area contributed by atoms with Gasteiger partial charge in [-0.15, -0.1) is 0 Å². The molecular formula is C12H24N2O2. The molecule has 0 aromatic carbocycles. The Balaban J connectivity index is 2.60. The van der Waals surface area contributed by atoms with Crippen molar-refractivity contribution in [3.63, 3.8) is 0 Å². The Morgan fingerprint density at radius 2 is 2.25 bits per heavy atom. The minimum Gasteiger partial charge on any atom is -0.380 e. The number of likely N-dealkylation sites (tertiary alicyclic amines) is 1. The highest BCUT2D eigenvalue weighted by atomic mass is 16.5. The number of amides is 1. The van der Waals surface area contributed by atoms with Gasteiger partial charge in [-0.3, -0.25) is 4.79 Å². The molecule has 2 unspecified atom stereocenters. The molecule has 1 heterocycles. The van der Waals surface area contributed by atoms with E-state index in [-0.39, 0.29) is 17.6 Å². The molecule has 2 N–H and O–H groups in total. The van der Waals surface area contributed by atoms with E-state index in [0.717, 1.165) is 13.0 Å². The molecule has 1 saturated heterocycles. The van der Waals surface area contributed by atoms with E-state index < -0.39 is 0 Å². The normalized spacial score (nSPS) is 25.8.